The third-order valence-electron chi connectivity index (χ3n) is 7.71. The van der Waals surface area contributed by atoms with Crippen molar-refractivity contribution < 1.29 is 14.4 Å². The monoisotopic (exact) mass is 659 g/mol. The highest BCUT2D eigenvalue weighted by Gasteiger charge is 2.51. The number of urea groups is 1. The topological polar surface area (TPSA) is 76.2 Å². The standard InChI is InChI=1S/C32H30IN5O3/c33-22-36-21-29(39)37-28(38(36)32(41)34-18-23-10-3-1-4-11-23)20-35(31(40)30(37)25-13-5-2-6-14-25)19-26-16-9-15-24-12-7-8-17-27(24)26/h1-17,28,30H,18-22H2,(H,34,41)/t28-,30-/m0/s1. The minimum Gasteiger partial charge on any atom is -0.333 e. The van der Waals surface area contributed by atoms with Crippen molar-refractivity contribution >= 4 is 51.2 Å². The summed E-state index contributed by atoms with van der Waals surface area (Å²) in [4.78, 5) is 45.1. The number of benzene rings is 4. The van der Waals surface area contributed by atoms with E-state index in [9.17, 15) is 14.4 Å². The van der Waals surface area contributed by atoms with Crippen molar-refractivity contribution in [2.75, 3.05) is 17.6 Å². The molecule has 0 aliphatic carbocycles. The molecule has 4 amide bonds. The third-order valence-corrected chi connectivity index (χ3v) is 8.50. The second-order valence-electron chi connectivity index (χ2n) is 10.2. The maximum absolute atomic E-state index is 14.2. The fourth-order valence-electron chi connectivity index (χ4n) is 5.78. The number of fused-ring (bicyclic) bond motifs is 2. The Bertz CT molecular complexity index is 1560. The molecule has 0 aromatic heterocycles. The van der Waals surface area contributed by atoms with Crippen LogP contribution < -0.4 is 5.32 Å². The van der Waals surface area contributed by atoms with Gasteiger partial charge in [0.25, 0.3) is 5.91 Å². The molecule has 208 valence electrons. The Balaban J connectivity index is 1.38. The summed E-state index contributed by atoms with van der Waals surface area (Å²) < 4.78 is 0.444. The van der Waals surface area contributed by atoms with Crippen LogP contribution in [0.25, 0.3) is 10.8 Å². The molecule has 0 saturated carbocycles. The first kappa shape index (κ1) is 27.2. The van der Waals surface area contributed by atoms with E-state index in [0.29, 0.717) is 17.6 Å². The molecule has 4 aromatic carbocycles. The van der Waals surface area contributed by atoms with Crippen LogP contribution in [0, 0.1) is 0 Å². The van der Waals surface area contributed by atoms with Crippen molar-refractivity contribution in [3.05, 3.63) is 120 Å². The van der Waals surface area contributed by atoms with Crippen LogP contribution in [0.2, 0.25) is 0 Å². The van der Waals surface area contributed by atoms with Crippen LogP contribution in [0.5, 0.6) is 0 Å². The van der Waals surface area contributed by atoms with Crippen LogP contribution in [0.3, 0.4) is 0 Å². The SMILES string of the molecule is O=C1[C@H](c2ccccc2)N2C(=O)CN(CI)N(C(=O)NCc3ccccc3)[C@H]2CN1Cc1cccc2ccccc12. The van der Waals surface area contributed by atoms with Gasteiger partial charge in [-0.2, -0.15) is 5.01 Å². The van der Waals surface area contributed by atoms with Gasteiger partial charge in [-0.25, -0.2) is 9.80 Å². The van der Waals surface area contributed by atoms with Gasteiger partial charge in [-0.15, -0.1) is 0 Å². The molecule has 0 spiro atoms. The lowest BCUT2D eigenvalue weighted by Gasteiger charge is -2.55. The summed E-state index contributed by atoms with van der Waals surface area (Å²) in [5.41, 5.74) is 2.72. The van der Waals surface area contributed by atoms with Crippen LogP contribution in [-0.2, 0) is 22.7 Å². The summed E-state index contributed by atoms with van der Waals surface area (Å²) in [7, 11) is 0. The second-order valence-corrected chi connectivity index (χ2v) is 10.9. The van der Waals surface area contributed by atoms with E-state index in [2.05, 4.69) is 46.1 Å². The van der Waals surface area contributed by atoms with Crippen molar-refractivity contribution in [3.63, 3.8) is 0 Å². The molecule has 0 radical (unpaired) electrons. The molecule has 2 saturated heterocycles. The molecule has 0 bridgehead atoms. The molecule has 2 aliphatic rings. The van der Waals surface area contributed by atoms with Gasteiger partial charge in [0.2, 0.25) is 5.91 Å². The predicted octanol–water partition coefficient (Wildman–Crippen LogP) is 4.91. The van der Waals surface area contributed by atoms with E-state index in [1.807, 2.05) is 84.9 Å². The van der Waals surface area contributed by atoms with Gasteiger partial charge in [0, 0.05) is 13.1 Å². The average molecular weight is 660 g/mol. The normalized spacial score (nSPS) is 19.4. The van der Waals surface area contributed by atoms with Crippen LogP contribution in [0.1, 0.15) is 22.7 Å². The lowest BCUT2D eigenvalue weighted by Crippen LogP contribution is -2.74. The first-order valence-electron chi connectivity index (χ1n) is 13.6. The number of alkyl halides is 1. The van der Waals surface area contributed by atoms with Gasteiger partial charge in [0.05, 0.1) is 17.6 Å². The number of carbonyl (C=O) groups excluding carboxylic acids is 3. The highest BCUT2D eigenvalue weighted by molar-refractivity contribution is 14.1. The zero-order valence-corrected chi connectivity index (χ0v) is 24.6. The lowest BCUT2D eigenvalue weighted by molar-refractivity contribution is -0.188. The van der Waals surface area contributed by atoms with Crippen LogP contribution in [-0.4, -0.2) is 61.5 Å². The Morgan fingerprint density at radius 2 is 1.54 bits per heavy atom. The Labute approximate surface area is 252 Å². The minimum atomic E-state index is -0.835. The summed E-state index contributed by atoms with van der Waals surface area (Å²) in [6.07, 6.45) is -0.667. The second kappa shape index (κ2) is 11.9. The van der Waals surface area contributed by atoms with E-state index in [0.717, 1.165) is 27.5 Å². The number of rotatable bonds is 6. The largest absolute Gasteiger partial charge is 0.334 e. The third kappa shape index (κ3) is 5.39. The number of nitrogens with one attached hydrogen (secondary N) is 1. The van der Waals surface area contributed by atoms with Crippen LogP contribution in [0.4, 0.5) is 4.79 Å². The Morgan fingerprint density at radius 1 is 0.854 bits per heavy atom. The summed E-state index contributed by atoms with van der Waals surface area (Å²) in [5.74, 6) is -0.327. The summed E-state index contributed by atoms with van der Waals surface area (Å²) in [6.45, 7) is 0.930. The highest BCUT2D eigenvalue weighted by Crippen LogP contribution is 2.36. The van der Waals surface area contributed by atoms with E-state index in [4.69, 9.17) is 0 Å². The predicted molar refractivity (Wildman–Crippen MR) is 165 cm³/mol. The maximum atomic E-state index is 14.2. The molecule has 2 heterocycles. The molecule has 2 atom stereocenters. The number of carbonyl (C=O) groups is 3. The Morgan fingerprint density at radius 3 is 2.29 bits per heavy atom. The molecule has 2 aliphatic heterocycles. The fraction of sp³-hybridized carbons (Fsp3) is 0.219. The fourth-order valence-corrected chi connectivity index (χ4v) is 6.35. The zero-order valence-electron chi connectivity index (χ0n) is 22.4. The lowest BCUT2D eigenvalue weighted by atomic mass is 9.97. The first-order valence-corrected chi connectivity index (χ1v) is 15.1. The van der Waals surface area contributed by atoms with Crippen molar-refractivity contribution in [1.29, 1.82) is 0 Å². The van der Waals surface area contributed by atoms with Crippen LogP contribution in [0.15, 0.2) is 103 Å². The molecule has 9 heteroatoms. The molecule has 0 unspecified atom stereocenters. The number of hydrogen-bond donors (Lipinski definition) is 1. The quantitative estimate of drug-likeness (QED) is 0.181. The molecule has 41 heavy (non-hydrogen) atoms. The zero-order chi connectivity index (χ0) is 28.3. The summed E-state index contributed by atoms with van der Waals surface area (Å²) >= 11 is 2.18. The molecule has 4 aromatic rings. The van der Waals surface area contributed by atoms with Gasteiger partial charge >= 0.3 is 6.03 Å². The number of hydrogen-bond acceptors (Lipinski definition) is 4. The van der Waals surface area contributed by atoms with Gasteiger partial charge in [-0.1, -0.05) is 126 Å². The van der Waals surface area contributed by atoms with E-state index in [1.54, 1.807) is 19.8 Å². The Kier molecular flexibility index (Phi) is 7.89. The molecule has 1 N–H and O–H groups in total. The average Bonchev–Trinajstić information content (AvgIpc) is 3.01. The number of piperazine rings is 1. The number of halogens is 1. The molecular formula is C32H30IN5O3. The van der Waals surface area contributed by atoms with Gasteiger partial charge in [0.1, 0.15) is 12.2 Å². The van der Waals surface area contributed by atoms with E-state index in [1.165, 1.54) is 0 Å². The summed E-state index contributed by atoms with van der Waals surface area (Å²) in [6, 6.07) is 32.2. The van der Waals surface area contributed by atoms with Gasteiger partial charge in [-0.3, -0.25) is 9.59 Å². The molecule has 8 nitrogen and oxygen atoms in total. The number of hydrazine groups is 1. The van der Waals surface area contributed by atoms with Crippen molar-refractivity contribution in [2.45, 2.75) is 25.3 Å². The Hall–Kier alpha value is -3.96. The smallest absolute Gasteiger partial charge is 0.333 e. The van der Waals surface area contributed by atoms with Gasteiger partial charge in [-0.05, 0) is 27.5 Å². The number of nitrogens with zero attached hydrogens (tertiary/aromatic N) is 4. The van der Waals surface area contributed by atoms with Crippen LogP contribution >= 0.6 is 22.6 Å². The van der Waals surface area contributed by atoms with E-state index < -0.39 is 12.2 Å². The number of amides is 4. The van der Waals surface area contributed by atoms with Crippen molar-refractivity contribution in [3.8, 4) is 0 Å². The molecular weight excluding hydrogens is 629 g/mol. The van der Waals surface area contributed by atoms with E-state index in [-0.39, 0.29) is 30.9 Å². The minimum absolute atomic E-state index is 0.0120. The molecule has 2 fully saturated rings. The first-order chi connectivity index (χ1) is 20.0. The van der Waals surface area contributed by atoms with Gasteiger partial charge < -0.3 is 15.1 Å². The van der Waals surface area contributed by atoms with Gasteiger partial charge in [0.15, 0.2) is 0 Å². The van der Waals surface area contributed by atoms with E-state index >= 15 is 0 Å². The maximum Gasteiger partial charge on any atom is 0.334 e. The van der Waals surface area contributed by atoms with Crippen molar-refractivity contribution in [1.82, 2.24) is 25.1 Å². The van der Waals surface area contributed by atoms with Crippen molar-refractivity contribution in [2.24, 2.45) is 0 Å². The highest BCUT2D eigenvalue weighted by atomic mass is 127. The summed E-state index contributed by atoms with van der Waals surface area (Å²) in [5, 5.41) is 8.61. The molecule has 6 rings (SSSR count).